The van der Waals surface area contributed by atoms with Gasteiger partial charge in [0.05, 0.1) is 16.3 Å². The minimum absolute atomic E-state index is 0.0906. The summed E-state index contributed by atoms with van der Waals surface area (Å²) in [5, 5.41) is 4.05. The summed E-state index contributed by atoms with van der Waals surface area (Å²) in [6.45, 7) is 6.73. The molecule has 0 aromatic heterocycles. The number of aryl methyl sites for hydroxylation is 3. The second-order valence-corrected chi connectivity index (χ2v) is 9.72. The Labute approximate surface area is 193 Å². The second kappa shape index (κ2) is 9.95. The summed E-state index contributed by atoms with van der Waals surface area (Å²) in [5.41, 5.74) is 6.44. The molecule has 0 spiro atoms. The van der Waals surface area contributed by atoms with E-state index in [9.17, 15) is 17.6 Å². The van der Waals surface area contributed by atoms with Gasteiger partial charge in [-0.1, -0.05) is 42.0 Å². The molecule has 0 heterocycles. The van der Waals surface area contributed by atoms with Crippen LogP contribution in [0.1, 0.15) is 29.2 Å². The number of nitrogens with one attached hydrogen (secondary N) is 1. The number of amides is 1. The molecule has 0 saturated heterocycles. The molecule has 172 valence electrons. The van der Waals surface area contributed by atoms with Gasteiger partial charge in [-0.2, -0.15) is 5.10 Å². The molecule has 0 aliphatic heterocycles. The third-order valence-electron chi connectivity index (χ3n) is 5.14. The smallest absolute Gasteiger partial charge is 0.264 e. The topological polar surface area (TPSA) is 78.8 Å². The van der Waals surface area contributed by atoms with Crippen molar-refractivity contribution < 1.29 is 17.6 Å². The highest BCUT2D eigenvalue weighted by Crippen LogP contribution is 2.28. The van der Waals surface area contributed by atoms with Crippen LogP contribution < -0.4 is 9.73 Å². The van der Waals surface area contributed by atoms with E-state index in [2.05, 4.69) is 10.5 Å². The molecule has 1 N–H and O–H groups in total. The molecular weight excluding hydrogens is 441 g/mol. The number of nitrogens with zero attached hydrogens (tertiary/aromatic N) is 2. The van der Waals surface area contributed by atoms with Crippen molar-refractivity contribution in [3.05, 3.63) is 94.8 Å². The van der Waals surface area contributed by atoms with Gasteiger partial charge in [-0.3, -0.25) is 9.10 Å². The Bertz CT molecular complexity index is 1290. The average Bonchev–Trinajstić information content (AvgIpc) is 2.78. The van der Waals surface area contributed by atoms with Gasteiger partial charge < -0.3 is 0 Å². The first kappa shape index (κ1) is 24.1. The first-order valence-electron chi connectivity index (χ1n) is 10.3. The van der Waals surface area contributed by atoms with Crippen LogP contribution in [0.15, 0.2) is 76.7 Å². The SMILES string of the molecule is C/C(=N/NC(=O)CN(c1cc(C)ccc1C)S(=O)(=O)c1ccc(C)cc1)c1ccc(F)cc1. The monoisotopic (exact) mass is 467 g/mol. The lowest BCUT2D eigenvalue weighted by Gasteiger charge is -2.25. The molecule has 33 heavy (non-hydrogen) atoms. The summed E-state index contributed by atoms with van der Waals surface area (Å²) in [5.74, 6) is -0.978. The van der Waals surface area contributed by atoms with Gasteiger partial charge in [-0.25, -0.2) is 18.2 Å². The van der Waals surface area contributed by atoms with E-state index in [0.717, 1.165) is 21.0 Å². The number of hydrogen-bond acceptors (Lipinski definition) is 4. The summed E-state index contributed by atoms with van der Waals surface area (Å²) in [4.78, 5) is 12.9. The van der Waals surface area contributed by atoms with E-state index in [-0.39, 0.29) is 10.7 Å². The highest BCUT2D eigenvalue weighted by Gasteiger charge is 2.28. The zero-order chi connectivity index (χ0) is 24.2. The van der Waals surface area contributed by atoms with E-state index in [1.165, 1.54) is 24.3 Å². The van der Waals surface area contributed by atoms with Gasteiger partial charge in [-0.05, 0) is 74.7 Å². The number of hydrazone groups is 1. The van der Waals surface area contributed by atoms with E-state index in [4.69, 9.17) is 0 Å². The van der Waals surface area contributed by atoms with Crippen LogP contribution in [0.2, 0.25) is 0 Å². The highest BCUT2D eigenvalue weighted by molar-refractivity contribution is 7.92. The lowest BCUT2D eigenvalue weighted by Crippen LogP contribution is -2.40. The van der Waals surface area contributed by atoms with Crippen LogP contribution in [0.3, 0.4) is 0 Å². The molecular formula is C25H26FN3O3S. The Morgan fingerprint density at radius 2 is 1.55 bits per heavy atom. The van der Waals surface area contributed by atoms with Gasteiger partial charge in [-0.15, -0.1) is 0 Å². The lowest BCUT2D eigenvalue weighted by molar-refractivity contribution is -0.119. The Kier molecular flexibility index (Phi) is 7.28. The fraction of sp³-hybridized carbons (Fsp3) is 0.200. The van der Waals surface area contributed by atoms with Gasteiger partial charge in [0.1, 0.15) is 12.4 Å². The van der Waals surface area contributed by atoms with Gasteiger partial charge in [0, 0.05) is 0 Å². The molecule has 3 aromatic carbocycles. The van der Waals surface area contributed by atoms with Crippen molar-refractivity contribution in [3.8, 4) is 0 Å². The first-order chi connectivity index (χ1) is 15.6. The van der Waals surface area contributed by atoms with E-state index < -0.39 is 22.5 Å². The van der Waals surface area contributed by atoms with Gasteiger partial charge in [0.25, 0.3) is 15.9 Å². The van der Waals surface area contributed by atoms with Crippen LogP contribution in [-0.2, 0) is 14.8 Å². The Balaban J connectivity index is 1.92. The van der Waals surface area contributed by atoms with Crippen LogP contribution in [0.25, 0.3) is 0 Å². The molecule has 8 heteroatoms. The number of carbonyl (C=O) groups excluding carboxylic acids is 1. The van der Waals surface area contributed by atoms with E-state index >= 15 is 0 Å². The molecule has 0 saturated carbocycles. The van der Waals surface area contributed by atoms with Gasteiger partial charge in [0.2, 0.25) is 0 Å². The van der Waals surface area contributed by atoms with Crippen LogP contribution in [-0.4, -0.2) is 26.6 Å². The molecule has 1 amide bonds. The van der Waals surface area contributed by atoms with Crippen molar-refractivity contribution in [2.24, 2.45) is 5.10 Å². The summed E-state index contributed by atoms with van der Waals surface area (Å²) in [6.07, 6.45) is 0. The Hall–Kier alpha value is -3.52. The third kappa shape index (κ3) is 5.84. The largest absolute Gasteiger partial charge is 0.271 e. The van der Waals surface area contributed by atoms with Crippen molar-refractivity contribution in [2.45, 2.75) is 32.6 Å². The maximum Gasteiger partial charge on any atom is 0.264 e. The second-order valence-electron chi connectivity index (χ2n) is 7.85. The van der Waals surface area contributed by atoms with Crippen molar-refractivity contribution in [2.75, 3.05) is 10.8 Å². The van der Waals surface area contributed by atoms with Crippen molar-refractivity contribution in [1.29, 1.82) is 0 Å². The third-order valence-corrected chi connectivity index (χ3v) is 6.91. The van der Waals surface area contributed by atoms with Crippen molar-refractivity contribution in [1.82, 2.24) is 5.43 Å². The van der Waals surface area contributed by atoms with E-state index in [1.807, 2.05) is 26.0 Å². The molecule has 0 atom stereocenters. The number of rotatable bonds is 7. The fourth-order valence-corrected chi connectivity index (χ4v) is 4.67. The van der Waals surface area contributed by atoms with Gasteiger partial charge >= 0.3 is 0 Å². The summed E-state index contributed by atoms with van der Waals surface area (Å²) >= 11 is 0. The zero-order valence-corrected chi connectivity index (χ0v) is 19.8. The quantitative estimate of drug-likeness (QED) is 0.411. The molecule has 0 unspecified atom stereocenters. The van der Waals surface area contributed by atoms with Crippen LogP contribution in [0.5, 0.6) is 0 Å². The first-order valence-corrected chi connectivity index (χ1v) is 11.8. The summed E-state index contributed by atoms with van der Waals surface area (Å²) in [6, 6.07) is 17.6. The lowest BCUT2D eigenvalue weighted by atomic mass is 10.1. The van der Waals surface area contributed by atoms with Crippen molar-refractivity contribution in [3.63, 3.8) is 0 Å². The van der Waals surface area contributed by atoms with Gasteiger partial charge in [0.15, 0.2) is 0 Å². The highest BCUT2D eigenvalue weighted by atomic mass is 32.2. The minimum atomic E-state index is -4.02. The maximum atomic E-state index is 13.5. The molecule has 0 radical (unpaired) electrons. The normalized spacial score (nSPS) is 11.8. The Morgan fingerprint density at radius 1 is 0.939 bits per heavy atom. The number of carbonyl (C=O) groups is 1. The molecule has 0 aliphatic rings. The predicted molar refractivity (Wildman–Crippen MR) is 128 cm³/mol. The summed E-state index contributed by atoms with van der Waals surface area (Å²) in [7, 11) is -4.02. The molecule has 0 fully saturated rings. The Morgan fingerprint density at radius 3 is 2.18 bits per heavy atom. The maximum absolute atomic E-state index is 13.5. The number of hydrogen-bond donors (Lipinski definition) is 1. The van der Waals surface area contributed by atoms with Crippen LogP contribution in [0, 0.1) is 26.6 Å². The van der Waals surface area contributed by atoms with E-state index in [0.29, 0.717) is 17.0 Å². The van der Waals surface area contributed by atoms with E-state index in [1.54, 1.807) is 44.2 Å². The number of benzene rings is 3. The molecule has 0 bridgehead atoms. The number of halogens is 1. The van der Waals surface area contributed by atoms with Crippen LogP contribution >= 0.6 is 0 Å². The van der Waals surface area contributed by atoms with Crippen LogP contribution in [0.4, 0.5) is 10.1 Å². The molecule has 3 aromatic rings. The summed E-state index contributed by atoms with van der Waals surface area (Å²) < 4.78 is 41.2. The predicted octanol–water partition coefficient (Wildman–Crippen LogP) is 4.49. The average molecular weight is 468 g/mol. The fourth-order valence-electron chi connectivity index (χ4n) is 3.19. The number of anilines is 1. The number of sulfonamides is 1. The zero-order valence-electron chi connectivity index (χ0n) is 19.0. The molecule has 3 rings (SSSR count). The molecule has 6 nitrogen and oxygen atoms in total. The molecule has 0 aliphatic carbocycles. The minimum Gasteiger partial charge on any atom is -0.271 e. The standard InChI is InChI=1S/C25H26FN3O3S/c1-17-6-13-23(14-7-17)33(31,32)29(24-15-18(2)5-8-19(24)3)16-25(30)28-27-20(4)21-9-11-22(26)12-10-21/h5-15H,16H2,1-4H3,(H,28,30)/b27-20-. The van der Waals surface area contributed by atoms with Crippen molar-refractivity contribution >= 4 is 27.3 Å².